The van der Waals surface area contributed by atoms with Gasteiger partial charge in [-0.3, -0.25) is 4.79 Å². The Morgan fingerprint density at radius 1 is 1.31 bits per heavy atom. The first kappa shape index (κ1) is 12.4. The van der Waals surface area contributed by atoms with Gasteiger partial charge >= 0.3 is 0 Å². The SMILES string of the molecule is CC.NC(=O)CCN1CCCCC1.[HH]. The molecule has 0 spiro atoms. The lowest BCUT2D eigenvalue weighted by Crippen LogP contribution is -2.32. The Labute approximate surface area is 82.8 Å². The van der Waals surface area contributed by atoms with E-state index in [0.717, 1.165) is 19.6 Å². The molecule has 1 amide bonds. The van der Waals surface area contributed by atoms with Crippen molar-refractivity contribution in [1.82, 2.24) is 4.90 Å². The second kappa shape index (κ2) is 8.05. The fourth-order valence-electron chi connectivity index (χ4n) is 1.45. The highest BCUT2D eigenvalue weighted by atomic mass is 16.1. The molecule has 3 heteroatoms. The Balaban J connectivity index is 0. The summed E-state index contributed by atoms with van der Waals surface area (Å²) in [5, 5.41) is 0. The van der Waals surface area contributed by atoms with Gasteiger partial charge < -0.3 is 10.6 Å². The highest BCUT2D eigenvalue weighted by Gasteiger charge is 2.09. The van der Waals surface area contributed by atoms with Crippen LogP contribution in [0.1, 0.15) is 41.0 Å². The first-order valence-electron chi connectivity index (χ1n) is 5.30. The van der Waals surface area contributed by atoms with Crippen molar-refractivity contribution in [2.75, 3.05) is 19.6 Å². The van der Waals surface area contributed by atoms with Crippen molar-refractivity contribution in [1.29, 1.82) is 0 Å². The van der Waals surface area contributed by atoms with Gasteiger partial charge in [0, 0.05) is 14.4 Å². The van der Waals surface area contributed by atoms with Crippen LogP contribution in [-0.4, -0.2) is 30.4 Å². The summed E-state index contributed by atoms with van der Waals surface area (Å²) in [6.07, 6.45) is 4.41. The molecule has 1 saturated heterocycles. The molecule has 0 saturated carbocycles. The van der Waals surface area contributed by atoms with Crippen molar-refractivity contribution in [3.8, 4) is 0 Å². The summed E-state index contributed by atoms with van der Waals surface area (Å²) in [4.78, 5) is 12.8. The van der Waals surface area contributed by atoms with Crippen LogP contribution >= 0.6 is 0 Å². The molecule has 13 heavy (non-hydrogen) atoms. The smallest absolute Gasteiger partial charge is 0.218 e. The van der Waals surface area contributed by atoms with Gasteiger partial charge in [0.2, 0.25) is 5.91 Å². The first-order chi connectivity index (χ1) is 6.29. The second-order valence-corrected chi connectivity index (χ2v) is 3.12. The van der Waals surface area contributed by atoms with Crippen LogP contribution < -0.4 is 5.73 Å². The third kappa shape index (κ3) is 6.58. The average molecular weight is 188 g/mol. The van der Waals surface area contributed by atoms with E-state index in [0.29, 0.717) is 6.42 Å². The summed E-state index contributed by atoms with van der Waals surface area (Å²) in [5.41, 5.74) is 5.04. The Morgan fingerprint density at radius 3 is 2.31 bits per heavy atom. The highest BCUT2D eigenvalue weighted by Crippen LogP contribution is 2.08. The zero-order valence-corrected chi connectivity index (χ0v) is 8.88. The fraction of sp³-hybridized carbons (Fsp3) is 0.900. The van der Waals surface area contributed by atoms with Crippen LogP contribution in [0.3, 0.4) is 0 Å². The van der Waals surface area contributed by atoms with E-state index in [9.17, 15) is 4.79 Å². The molecule has 0 radical (unpaired) electrons. The lowest BCUT2D eigenvalue weighted by Gasteiger charge is -2.25. The third-order valence-electron chi connectivity index (χ3n) is 2.12. The number of primary amides is 1. The molecular weight excluding hydrogens is 164 g/mol. The normalized spacial score (nSPS) is 17.4. The van der Waals surface area contributed by atoms with Crippen molar-refractivity contribution in [2.24, 2.45) is 5.73 Å². The molecule has 0 atom stereocenters. The van der Waals surface area contributed by atoms with E-state index in [1.54, 1.807) is 0 Å². The van der Waals surface area contributed by atoms with Gasteiger partial charge in [0.05, 0.1) is 0 Å². The minimum atomic E-state index is -0.185. The van der Waals surface area contributed by atoms with Gasteiger partial charge in [-0.05, 0) is 25.9 Å². The molecule has 0 aliphatic carbocycles. The Bertz CT molecular complexity index is 136. The maximum atomic E-state index is 10.4. The molecule has 2 N–H and O–H groups in total. The van der Waals surface area contributed by atoms with E-state index in [-0.39, 0.29) is 7.33 Å². The zero-order valence-electron chi connectivity index (χ0n) is 8.88. The van der Waals surface area contributed by atoms with E-state index >= 15 is 0 Å². The number of hydrogen-bond acceptors (Lipinski definition) is 2. The van der Waals surface area contributed by atoms with Crippen molar-refractivity contribution in [3.05, 3.63) is 0 Å². The van der Waals surface area contributed by atoms with Crippen LogP contribution in [-0.2, 0) is 4.79 Å². The van der Waals surface area contributed by atoms with Gasteiger partial charge in [-0.2, -0.15) is 0 Å². The van der Waals surface area contributed by atoms with Crippen molar-refractivity contribution in [3.63, 3.8) is 0 Å². The topological polar surface area (TPSA) is 46.3 Å². The Morgan fingerprint density at radius 2 is 1.85 bits per heavy atom. The summed E-state index contributed by atoms with van der Waals surface area (Å²) in [6.45, 7) is 7.15. The number of piperidine rings is 1. The number of carbonyl (C=O) groups excluding carboxylic acids is 1. The van der Waals surface area contributed by atoms with Gasteiger partial charge in [0.25, 0.3) is 0 Å². The summed E-state index contributed by atoms with van der Waals surface area (Å²) < 4.78 is 0. The number of hydrogen-bond donors (Lipinski definition) is 1. The summed E-state index contributed by atoms with van der Waals surface area (Å²) in [6, 6.07) is 0. The Hall–Kier alpha value is -0.570. The summed E-state index contributed by atoms with van der Waals surface area (Å²) in [7, 11) is 0. The van der Waals surface area contributed by atoms with Crippen LogP contribution in [0.2, 0.25) is 0 Å². The molecular formula is C10H24N2O. The fourth-order valence-corrected chi connectivity index (χ4v) is 1.45. The molecule has 0 unspecified atom stereocenters. The lowest BCUT2D eigenvalue weighted by molar-refractivity contribution is -0.118. The summed E-state index contributed by atoms with van der Waals surface area (Å²) >= 11 is 0. The van der Waals surface area contributed by atoms with E-state index in [1.165, 1.54) is 19.3 Å². The molecule has 80 valence electrons. The lowest BCUT2D eigenvalue weighted by atomic mass is 10.1. The van der Waals surface area contributed by atoms with Crippen molar-refractivity contribution >= 4 is 5.91 Å². The molecule has 0 bridgehead atoms. The quantitative estimate of drug-likeness (QED) is 0.731. The monoisotopic (exact) mass is 188 g/mol. The molecule has 1 heterocycles. The van der Waals surface area contributed by atoms with Crippen LogP contribution in [0.4, 0.5) is 0 Å². The van der Waals surface area contributed by atoms with Gasteiger partial charge in [0.1, 0.15) is 0 Å². The standard InChI is InChI=1S/C8H16N2O.C2H6.H2/c9-8(11)4-7-10-5-2-1-3-6-10;1-2;/h1-7H2,(H2,9,11);1-2H3;1H. The molecule has 0 aromatic heterocycles. The van der Waals surface area contributed by atoms with Gasteiger partial charge in [-0.1, -0.05) is 20.3 Å². The molecule has 1 rings (SSSR count). The molecule has 1 aliphatic heterocycles. The van der Waals surface area contributed by atoms with Crippen LogP contribution in [0, 0.1) is 0 Å². The van der Waals surface area contributed by atoms with Crippen LogP contribution in [0.5, 0.6) is 0 Å². The van der Waals surface area contributed by atoms with E-state index in [4.69, 9.17) is 5.73 Å². The molecule has 0 aromatic rings. The van der Waals surface area contributed by atoms with Crippen molar-refractivity contribution in [2.45, 2.75) is 39.5 Å². The van der Waals surface area contributed by atoms with Crippen LogP contribution in [0.25, 0.3) is 0 Å². The van der Waals surface area contributed by atoms with Gasteiger partial charge in [-0.15, -0.1) is 0 Å². The maximum absolute atomic E-state index is 10.4. The third-order valence-corrected chi connectivity index (χ3v) is 2.12. The number of nitrogens with zero attached hydrogens (tertiary/aromatic N) is 1. The number of rotatable bonds is 3. The molecule has 1 aliphatic rings. The number of nitrogens with two attached hydrogens (primary N) is 1. The first-order valence-corrected chi connectivity index (χ1v) is 5.30. The molecule has 1 fully saturated rings. The largest absolute Gasteiger partial charge is 0.370 e. The predicted octanol–water partition coefficient (Wildman–Crippen LogP) is 1.62. The number of amides is 1. The number of carbonyl (C=O) groups is 1. The predicted molar refractivity (Wildman–Crippen MR) is 57.6 cm³/mol. The van der Waals surface area contributed by atoms with Crippen LogP contribution in [0.15, 0.2) is 0 Å². The minimum Gasteiger partial charge on any atom is -0.370 e. The van der Waals surface area contributed by atoms with E-state index in [1.807, 2.05) is 13.8 Å². The maximum Gasteiger partial charge on any atom is 0.218 e. The average Bonchev–Trinajstić information content (AvgIpc) is 2.19. The van der Waals surface area contributed by atoms with Crippen molar-refractivity contribution < 1.29 is 6.22 Å². The second-order valence-electron chi connectivity index (χ2n) is 3.12. The number of likely N-dealkylation sites (tertiary alicyclic amines) is 1. The van der Waals surface area contributed by atoms with Gasteiger partial charge in [-0.25, -0.2) is 0 Å². The minimum absolute atomic E-state index is 0. The Kier molecular flexibility index (Phi) is 7.69. The molecule has 3 nitrogen and oxygen atoms in total. The zero-order chi connectivity index (χ0) is 10.1. The highest BCUT2D eigenvalue weighted by molar-refractivity contribution is 5.73. The van der Waals surface area contributed by atoms with E-state index < -0.39 is 0 Å². The molecule has 0 aromatic carbocycles. The van der Waals surface area contributed by atoms with Gasteiger partial charge in [0.15, 0.2) is 0 Å². The summed E-state index contributed by atoms with van der Waals surface area (Å²) in [5.74, 6) is -0.185. The van der Waals surface area contributed by atoms with E-state index in [2.05, 4.69) is 4.90 Å².